The van der Waals surface area contributed by atoms with Gasteiger partial charge in [0.2, 0.25) is 0 Å². The van der Waals surface area contributed by atoms with Crippen LogP contribution in [-0.4, -0.2) is 0 Å². The van der Waals surface area contributed by atoms with Gasteiger partial charge in [-0.3, -0.25) is 0 Å². The van der Waals surface area contributed by atoms with Gasteiger partial charge in [-0.15, -0.1) is 0 Å². The maximum atomic E-state index is 3.53. The fourth-order valence-corrected chi connectivity index (χ4v) is 0.302. The van der Waals surface area contributed by atoms with E-state index in [-0.39, 0.29) is 0 Å². The first-order valence-electron chi connectivity index (χ1n) is 2.50. The highest BCUT2D eigenvalue weighted by atomic mass is 13.8. The van der Waals surface area contributed by atoms with E-state index in [1.165, 1.54) is 0 Å². The van der Waals surface area contributed by atoms with Gasteiger partial charge < -0.3 is 0 Å². The number of allylic oxidation sites excluding steroid dienone is 3. The monoisotopic (exact) mass is 116 g/mol. The molecule has 0 rings (SSSR count). The summed E-state index contributed by atoms with van der Waals surface area (Å²) in [5.41, 5.74) is 8.52. The van der Waals surface area contributed by atoms with Gasteiger partial charge in [-0.1, -0.05) is 36.8 Å². The van der Waals surface area contributed by atoms with Crippen LogP contribution in [0.15, 0.2) is 54.7 Å². The van der Waals surface area contributed by atoms with Crippen LogP contribution in [0.1, 0.15) is 0 Å². The predicted octanol–water partition coefficient (Wildman–Crippen LogP) is 2.38. The summed E-state index contributed by atoms with van der Waals surface area (Å²) in [7, 11) is 0. The number of hydrogen-bond donors (Lipinski definition) is 0. The Morgan fingerprint density at radius 2 is 1.78 bits per heavy atom. The van der Waals surface area contributed by atoms with E-state index in [1.807, 2.05) is 0 Å². The molecular weight excluding hydrogens is 108 g/mol. The number of rotatable bonds is 2. The van der Waals surface area contributed by atoms with E-state index in [9.17, 15) is 0 Å². The lowest BCUT2D eigenvalue weighted by atomic mass is 10.3. The van der Waals surface area contributed by atoms with Crippen molar-refractivity contribution < 1.29 is 0 Å². The van der Waals surface area contributed by atoms with Crippen molar-refractivity contribution in [1.29, 1.82) is 0 Å². The molecule has 44 valence electrons. The second-order valence-electron chi connectivity index (χ2n) is 1.29. The molecule has 0 spiro atoms. The molecule has 0 fully saturated rings. The normalized spacial score (nSPS) is 5.78. The average molecular weight is 116 g/mol. The van der Waals surface area contributed by atoms with Crippen molar-refractivity contribution in [2.75, 3.05) is 0 Å². The lowest BCUT2D eigenvalue weighted by molar-refractivity contribution is 1.77. The summed E-state index contributed by atoms with van der Waals surface area (Å²) in [6.45, 7) is 10.4. The van der Waals surface area contributed by atoms with Gasteiger partial charge in [-0.25, -0.2) is 0 Å². The van der Waals surface area contributed by atoms with Crippen molar-refractivity contribution in [3.8, 4) is 0 Å². The predicted molar refractivity (Wildman–Crippen MR) is 40.1 cm³/mol. The molecule has 0 aliphatic heterocycles. The second kappa shape index (κ2) is 4.71. The Labute approximate surface area is 55.5 Å². The molecule has 0 aromatic heterocycles. The van der Waals surface area contributed by atoms with Crippen molar-refractivity contribution in [2.24, 2.45) is 0 Å². The third-order valence-corrected chi connectivity index (χ3v) is 0.735. The van der Waals surface area contributed by atoms with Crippen molar-refractivity contribution in [1.82, 2.24) is 0 Å². The van der Waals surface area contributed by atoms with Gasteiger partial charge in [-0.2, -0.15) is 0 Å². The summed E-state index contributed by atoms with van der Waals surface area (Å²) in [5.74, 6) is 0. The maximum absolute atomic E-state index is 3.53. The first-order valence-corrected chi connectivity index (χ1v) is 2.50. The van der Waals surface area contributed by atoms with Gasteiger partial charge in [0.1, 0.15) is 0 Å². The molecule has 0 heteroatoms. The molecule has 0 unspecified atom stereocenters. The molecule has 0 aromatic rings. The summed E-state index contributed by atoms with van der Waals surface area (Å²) in [6.07, 6.45) is 3.27. The van der Waals surface area contributed by atoms with Crippen LogP contribution in [0.5, 0.6) is 0 Å². The third kappa shape index (κ3) is 3.17. The van der Waals surface area contributed by atoms with E-state index >= 15 is 0 Å². The molecule has 0 radical (unpaired) electrons. The SMILES string of the molecule is C=C=C=C=C(C=C)C=C. The Hall–Kier alpha value is -1.44. The maximum Gasteiger partial charge on any atom is 0.0243 e. The van der Waals surface area contributed by atoms with Crippen molar-refractivity contribution in [3.05, 3.63) is 54.7 Å². The summed E-state index contributed by atoms with van der Waals surface area (Å²) >= 11 is 0. The average Bonchev–Trinajstić information content (AvgIpc) is 1.91. The minimum Gasteiger partial charge on any atom is -0.0978 e. The molecule has 0 nitrogen and oxygen atoms in total. The quantitative estimate of drug-likeness (QED) is 0.384. The topological polar surface area (TPSA) is 0 Å². The smallest absolute Gasteiger partial charge is 0.0243 e. The Bertz CT molecular complexity index is 215. The summed E-state index contributed by atoms with van der Waals surface area (Å²) < 4.78 is 0. The van der Waals surface area contributed by atoms with E-state index < -0.39 is 0 Å². The molecular formula is C9H8. The Balaban J connectivity index is 4.86. The van der Waals surface area contributed by atoms with Gasteiger partial charge >= 0.3 is 0 Å². The minimum absolute atomic E-state index is 0.797. The summed E-state index contributed by atoms with van der Waals surface area (Å²) in [5, 5.41) is 0. The molecule has 0 aliphatic carbocycles. The highest BCUT2D eigenvalue weighted by Gasteiger charge is 1.72. The number of hydrogen-bond acceptors (Lipinski definition) is 0. The van der Waals surface area contributed by atoms with Gasteiger partial charge in [0.15, 0.2) is 0 Å². The van der Waals surface area contributed by atoms with Crippen molar-refractivity contribution in [2.45, 2.75) is 0 Å². The zero-order valence-electron chi connectivity index (χ0n) is 5.28. The zero-order chi connectivity index (χ0) is 7.11. The van der Waals surface area contributed by atoms with Crippen LogP contribution < -0.4 is 0 Å². The van der Waals surface area contributed by atoms with Gasteiger partial charge in [0.05, 0.1) is 0 Å². The second-order valence-corrected chi connectivity index (χ2v) is 1.29. The van der Waals surface area contributed by atoms with Crippen LogP contribution in [0.4, 0.5) is 0 Å². The molecule has 9 heavy (non-hydrogen) atoms. The Kier molecular flexibility index (Phi) is 3.96. The van der Waals surface area contributed by atoms with Gasteiger partial charge in [-0.05, 0) is 12.3 Å². The highest BCUT2D eigenvalue weighted by Crippen LogP contribution is 1.90. The first-order chi connectivity index (χ1) is 4.35. The summed E-state index contributed by atoms with van der Waals surface area (Å²) in [4.78, 5) is 0. The zero-order valence-corrected chi connectivity index (χ0v) is 5.28. The fourth-order valence-electron chi connectivity index (χ4n) is 0.302. The van der Waals surface area contributed by atoms with Crippen LogP contribution in [0.3, 0.4) is 0 Å². The molecule has 0 saturated carbocycles. The van der Waals surface area contributed by atoms with Crippen LogP contribution in [0.25, 0.3) is 0 Å². The van der Waals surface area contributed by atoms with Gasteiger partial charge in [0, 0.05) is 5.57 Å². The Morgan fingerprint density at radius 3 is 2.11 bits per heavy atom. The minimum atomic E-state index is 0.797. The lowest BCUT2D eigenvalue weighted by Crippen LogP contribution is -1.58. The molecule has 0 aliphatic rings. The molecule has 0 saturated heterocycles. The van der Waals surface area contributed by atoms with E-state index in [2.05, 4.69) is 36.9 Å². The Morgan fingerprint density at radius 1 is 1.22 bits per heavy atom. The van der Waals surface area contributed by atoms with Crippen LogP contribution >= 0.6 is 0 Å². The van der Waals surface area contributed by atoms with E-state index in [1.54, 1.807) is 12.2 Å². The van der Waals surface area contributed by atoms with Crippen LogP contribution in [0.2, 0.25) is 0 Å². The lowest BCUT2D eigenvalue weighted by Gasteiger charge is -1.76. The van der Waals surface area contributed by atoms with E-state index in [4.69, 9.17) is 0 Å². The van der Waals surface area contributed by atoms with E-state index in [0.717, 1.165) is 5.57 Å². The fraction of sp³-hybridized carbons (Fsp3) is 0. The van der Waals surface area contributed by atoms with Crippen molar-refractivity contribution in [3.63, 3.8) is 0 Å². The van der Waals surface area contributed by atoms with Gasteiger partial charge in [0.25, 0.3) is 0 Å². The molecule has 0 heterocycles. The summed E-state index contributed by atoms with van der Waals surface area (Å²) in [6, 6.07) is 0. The van der Waals surface area contributed by atoms with Crippen LogP contribution in [-0.2, 0) is 0 Å². The molecule has 0 bridgehead atoms. The third-order valence-electron chi connectivity index (χ3n) is 0.735. The largest absolute Gasteiger partial charge is 0.0978 e. The van der Waals surface area contributed by atoms with Crippen LogP contribution in [0, 0.1) is 0 Å². The van der Waals surface area contributed by atoms with Crippen molar-refractivity contribution >= 4 is 0 Å². The standard InChI is InChI=1S/C9H8/c1-4-7-8-9(5-2)6-3/h5-6H,1-3H2. The molecule has 0 amide bonds. The highest BCUT2D eigenvalue weighted by molar-refractivity contribution is 5.26. The van der Waals surface area contributed by atoms with E-state index in [0.29, 0.717) is 0 Å². The molecule has 0 aromatic carbocycles. The molecule has 0 atom stereocenters. The molecule has 0 N–H and O–H groups in total. The first kappa shape index (κ1) is 7.56.